The summed E-state index contributed by atoms with van der Waals surface area (Å²) < 4.78 is 41.7. The van der Waals surface area contributed by atoms with Crippen LogP contribution >= 0.6 is 0 Å². The molecule has 126 valence electrons. The van der Waals surface area contributed by atoms with Crippen LogP contribution in [0.2, 0.25) is 0 Å². The standard InChI is InChI=1S/C17H16F3N3O/c18-17(19,20)24-15-7-2-1-4-11(15)10-16(22)9-8-12-13(21)5-3-6-14(12)23-16/h1-9,23H,10,21-22H2. The molecular formula is C17H16F3N3O. The molecule has 1 unspecified atom stereocenters. The molecule has 1 heterocycles. The predicted molar refractivity (Wildman–Crippen MR) is 87.3 cm³/mol. The number of para-hydroxylation sites is 1. The number of ether oxygens (including phenoxy) is 1. The fourth-order valence-electron chi connectivity index (χ4n) is 2.69. The van der Waals surface area contributed by atoms with Gasteiger partial charge in [-0.15, -0.1) is 13.2 Å². The number of alkyl halides is 3. The number of fused-ring (bicyclic) bond motifs is 1. The Morgan fingerprint density at radius 2 is 1.83 bits per heavy atom. The van der Waals surface area contributed by atoms with Gasteiger partial charge in [0.1, 0.15) is 11.4 Å². The van der Waals surface area contributed by atoms with E-state index in [1.54, 1.807) is 36.4 Å². The molecule has 1 atom stereocenters. The lowest BCUT2D eigenvalue weighted by Crippen LogP contribution is -2.49. The van der Waals surface area contributed by atoms with Crippen LogP contribution in [-0.2, 0) is 6.42 Å². The van der Waals surface area contributed by atoms with Gasteiger partial charge in [0.25, 0.3) is 0 Å². The van der Waals surface area contributed by atoms with Crippen molar-refractivity contribution >= 4 is 17.5 Å². The first-order valence-electron chi connectivity index (χ1n) is 7.24. The molecule has 0 saturated carbocycles. The molecule has 24 heavy (non-hydrogen) atoms. The molecule has 5 N–H and O–H groups in total. The van der Waals surface area contributed by atoms with Crippen molar-refractivity contribution in [2.75, 3.05) is 11.1 Å². The fraction of sp³-hybridized carbons (Fsp3) is 0.176. The van der Waals surface area contributed by atoms with Crippen molar-refractivity contribution in [3.8, 4) is 5.75 Å². The SMILES string of the molecule is Nc1cccc2c1C=CC(N)(Cc1ccccc1OC(F)(F)F)N2. The van der Waals surface area contributed by atoms with Crippen molar-refractivity contribution in [3.63, 3.8) is 0 Å². The first kappa shape index (κ1) is 16.2. The maximum absolute atomic E-state index is 12.5. The number of halogens is 3. The van der Waals surface area contributed by atoms with Gasteiger partial charge in [-0.1, -0.05) is 30.3 Å². The van der Waals surface area contributed by atoms with Gasteiger partial charge in [0, 0.05) is 23.4 Å². The summed E-state index contributed by atoms with van der Waals surface area (Å²) in [6.07, 6.45) is -1.18. The van der Waals surface area contributed by atoms with Crippen molar-refractivity contribution in [1.29, 1.82) is 0 Å². The normalized spacial score (nSPS) is 19.5. The number of nitrogens with two attached hydrogens (primary N) is 2. The van der Waals surface area contributed by atoms with Crippen LogP contribution in [0.3, 0.4) is 0 Å². The lowest BCUT2D eigenvalue weighted by Gasteiger charge is -2.33. The van der Waals surface area contributed by atoms with E-state index in [9.17, 15) is 13.2 Å². The summed E-state index contributed by atoms with van der Waals surface area (Å²) in [6, 6.07) is 11.3. The molecule has 1 aliphatic rings. The minimum absolute atomic E-state index is 0.115. The second kappa shape index (κ2) is 5.76. The van der Waals surface area contributed by atoms with Crippen LogP contribution in [0.15, 0.2) is 48.5 Å². The number of benzene rings is 2. The van der Waals surface area contributed by atoms with Gasteiger partial charge in [-0.3, -0.25) is 0 Å². The predicted octanol–water partition coefficient (Wildman–Crippen LogP) is 3.50. The van der Waals surface area contributed by atoms with Gasteiger partial charge in [-0.2, -0.15) is 0 Å². The highest BCUT2D eigenvalue weighted by molar-refractivity contribution is 5.80. The molecule has 0 radical (unpaired) electrons. The topological polar surface area (TPSA) is 73.3 Å². The molecule has 0 spiro atoms. The zero-order valence-electron chi connectivity index (χ0n) is 12.6. The number of nitrogen functional groups attached to an aromatic ring is 1. The molecule has 3 rings (SSSR count). The molecule has 4 nitrogen and oxygen atoms in total. The third kappa shape index (κ3) is 3.46. The van der Waals surface area contributed by atoms with E-state index in [2.05, 4.69) is 10.1 Å². The molecule has 1 aliphatic heterocycles. The summed E-state index contributed by atoms with van der Waals surface area (Å²) in [4.78, 5) is 0. The van der Waals surface area contributed by atoms with E-state index in [1.165, 1.54) is 12.1 Å². The van der Waals surface area contributed by atoms with Crippen molar-refractivity contribution < 1.29 is 17.9 Å². The Hall–Kier alpha value is -2.67. The van der Waals surface area contributed by atoms with E-state index in [4.69, 9.17) is 11.5 Å². The van der Waals surface area contributed by atoms with Crippen LogP contribution in [0.5, 0.6) is 5.75 Å². The van der Waals surface area contributed by atoms with E-state index < -0.39 is 12.0 Å². The van der Waals surface area contributed by atoms with Gasteiger partial charge in [0.15, 0.2) is 0 Å². The van der Waals surface area contributed by atoms with E-state index >= 15 is 0 Å². The fourth-order valence-corrected chi connectivity index (χ4v) is 2.69. The highest BCUT2D eigenvalue weighted by Gasteiger charge is 2.33. The van der Waals surface area contributed by atoms with Crippen LogP contribution in [-0.4, -0.2) is 12.0 Å². The Balaban J connectivity index is 1.88. The van der Waals surface area contributed by atoms with Crippen molar-refractivity contribution in [3.05, 3.63) is 59.7 Å². The third-order valence-electron chi connectivity index (χ3n) is 3.74. The quantitative estimate of drug-likeness (QED) is 0.751. The van der Waals surface area contributed by atoms with Crippen LogP contribution in [0.25, 0.3) is 6.08 Å². The lowest BCUT2D eigenvalue weighted by atomic mass is 9.93. The zero-order valence-corrected chi connectivity index (χ0v) is 12.6. The average molecular weight is 335 g/mol. The third-order valence-corrected chi connectivity index (χ3v) is 3.74. The average Bonchev–Trinajstić information content (AvgIpc) is 2.47. The van der Waals surface area contributed by atoms with E-state index in [0.29, 0.717) is 11.3 Å². The molecular weight excluding hydrogens is 319 g/mol. The minimum Gasteiger partial charge on any atom is -0.406 e. The second-order valence-corrected chi connectivity index (χ2v) is 5.64. The Morgan fingerprint density at radius 3 is 2.58 bits per heavy atom. The highest BCUT2D eigenvalue weighted by Crippen LogP contribution is 2.34. The van der Waals surface area contributed by atoms with E-state index in [0.717, 1.165) is 11.3 Å². The molecule has 0 aromatic heterocycles. The summed E-state index contributed by atoms with van der Waals surface area (Å²) in [5.41, 5.74) is 13.6. The molecule has 0 bridgehead atoms. The van der Waals surface area contributed by atoms with Crippen molar-refractivity contribution in [2.45, 2.75) is 18.4 Å². The number of rotatable bonds is 3. The smallest absolute Gasteiger partial charge is 0.406 e. The van der Waals surface area contributed by atoms with Crippen LogP contribution in [0, 0.1) is 0 Å². The van der Waals surface area contributed by atoms with Gasteiger partial charge >= 0.3 is 6.36 Å². The number of anilines is 2. The van der Waals surface area contributed by atoms with E-state index in [-0.39, 0.29) is 12.2 Å². The molecule has 7 heteroatoms. The maximum atomic E-state index is 12.5. The molecule has 0 amide bonds. The number of hydrogen-bond acceptors (Lipinski definition) is 4. The molecule has 0 saturated heterocycles. The van der Waals surface area contributed by atoms with Crippen molar-refractivity contribution in [2.24, 2.45) is 5.73 Å². The molecule has 2 aromatic carbocycles. The molecule has 0 aliphatic carbocycles. The second-order valence-electron chi connectivity index (χ2n) is 5.64. The monoisotopic (exact) mass is 335 g/mol. The zero-order chi connectivity index (χ0) is 17.4. The Kier molecular flexibility index (Phi) is 3.88. The van der Waals surface area contributed by atoms with Gasteiger partial charge in [0.2, 0.25) is 0 Å². The van der Waals surface area contributed by atoms with Gasteiger partial charge < -0.3 is 21.5 Å². The van der Waals surface area contributed by atoms with E-state index in [1.807, 2.05) is 6.07 Å². The Labute approximate surface area is 136 Å². The number of nitrogens with one attached hydrogen (secondary N) is 1. The largest absolute Gasteiger partial charge is 0.573 e. The highest BCUT2D eigenvalue weighted by atomic mass is 19.4. The summed E-state index contributed by atoms with van der Waals surface area (Å²) in [5, 5.41) is 3.13. The Bertz CT molecular complexity index is 789. The van der Waals surface area contributed by atoms with Gasteiger partial charge in [-0.05, 0) is 29.8 Å². The Morgan fingerprint density at radius 1 is 1.08 bits per heavy atom. The molecule has 2 aromatic rings. The summed E-state index contributed by atoms with van der Waals surface area (Å²) in [6.45, 7) is 0. The number of hydrogen-bond donors (Lipinski definition) is 3. The van der Waals surface area contributed by atoms with Crippen LogP contribution in [0.4, 0.5) is 24.5 Å². The van der Waals surface area contributed by atoms with Gasteiger partial charge in [-0.25, -0.2) is 0 Å². The molecule has 0 fully saturated rings. The van der Waals surface area contributed by atoms with Crippen LogP contribution in [0.1, 0.15) is 11.1 Å². The first-order valence-corrected chi connectivity index (χ1v) is 7.24. The lowest BCUT2D eigenvalue weighted by molar-refractivity contribution is -0.274. The van der Waals surface area contributed by atoms with Crippen molar-refractivity contribution in [1.82, 2.24) is 0 Å². The summed E-state index contributed by atoms with van der Waals surface area (Å²) in [7, 11) is 0. The van der Waals surface area contributed by atoms with Gasteiger partial charge in [0.05, 0.1) is 0 Å². The minimum atomic E-state index is -4.76. The summed E-state index contributed by atoms with van der Waals surface area (Å²) in [5.74, 6) is -0.261. The first-order chi connectivity index (χ1) is 11.3. The summed E-state index contributed by atoms with van der Waals surface area (Å²) >= 11 is 0. The van der Waals surface area contributed by atoms with Crippen LogP contribution < -0.4 is 21.5 Å². The maximum Gasteiger partial charge on any atom is 0.573 e.